The molecule has 134 valence electrons. The smallest absolute Gasteiger partial charge is 0.214 e. The van der Waals surface area contributed by atoms with E-state index in [2.05, 4.69) is 10.1 Å². The second-order valence-electron chi connectivity index (χ2n) is 5.02. The van der Waals surface area contributed by atoms with Crippen molar-refractivity contribution in [1.82, 2.24) is 14.8 Å². The average Bonchev–Trinajstić information content (AvgIpc) is 3.10. The van der Waals surface area contributed by atoms with Gasteiger partial charge in [-0.3, -0.25) is 0 Å². The average molecular weight is 392 g/mol. The van der Waals surface area contributed by atoms with E-state index >= 15 is 0 Å². The number of aryl methyl sites for hydroxylation is 1. The van der Waals surface area contributed by atoms with E-state index in [0.29, 0.717) is 18.5 Å². The van der Waals surface area contributed by atoms with Crippen LogP contribution in [0.15, 0.2) is 17.6 Å². The minimum atomic E-state index is -4.51. The molecule has 0 aromatic carbocycles. The van der Waals surface area contributed by atoms with E-state index in [9.17, 15) is 26.3 Å². The number of nitrogens with zero attached hydrogens (tertiary/aromatic N) is 3. The highest BCUT2D eigenvalue weighted by atomic mass is 35.5. The highest BCUT2D eigenvalue weighted by Crippen LogP contribution is 2.31. The van der Waals surface area contributed by atoms with Crippen molar-refractivity contribution in [3.8, 4) is 5.13 Å². The Hall–Kier alpha value is -1.29. The van der Waals surface area contributed by atoms with Gasteiger partial charge in [-0.05, 0) is 25.3 Å². The molecule has 2 aromatic rings. The topological polar surface area (TPSA) is 30.7 Å². The van der Waals surface area contributed by atoms with E-state index in [1.54, 1.807) is 6.07 Å². The zero-order valence-electron chi connectivity index (χ0n) is 12.0. The molecule has 24 heavy (non-hydrogen) atoms. The maximum Gasteiger partial charge on any atom is 0.434 e. The minimum Gasteiger partial charge on any atom is -0.214 e. The Bertz CT molecular complexity index is 663. The van der Waals surface area contributed by atoms with Crippen LogP contribution in [0.4, 0.5) is 26.3 Å². The van der Waals surface area contributed by atoms with E-state index in [1.165, 1.54) is 10.9 Å². The summed E-state index contributed by atoms with van der Waals surface area (Å²) < 4.78 is 75.4. The summed E-state index contributed by atoms with van der Waals surface area (Å²) in [6, 6.07) is 1.59. The lowest BCUT2D eigenvalue weighted by Gasteiger charge is -2.12. The van der Waals surface area contributed by atoms with Gasteiger partial charge in [-0.1, -0.05) is 6.42 Å². The molecule has 0 aliphatic carbocycles. The van der Waals surface area contributed by atoms with Gasteiger partial charge in [0.05, 0.1) is 5.69 Å². The first-order chi connectivity index (χ1) is 11.1. The summed E-state index contributed by atoms with van der Waals surface area (Å²) in [5, 5.41) is 3.19. The van der Waals surface area contributed by atoms with Gasteiger partial charge in [-0.2, -0.15) is 31.4 Å². The molecular formula is C13H12ClF6N3S. The van der Waals surface area contributed by atoms with E-state index < -0.39 is 23.4 Å². The Morgan fingerprint density at radius 1 is 1.17 bits per heavy atom. The standard InChI is InChI=1S/C13H12ClF6N3S/c14-9(12(15,16)17)4-2-1-3-8-5-6-23(22-8)11-21-10(7-24-11)13(18,19)20/h5-7,9H,1-4H2. The summed E-state index contributed by atoms with van der Waals surface area (Å²) in [5.74, 6) is 0. The van der Waals surface area contributed by atoms with Gasteiger partial charge in [0.25, 0.3) is 0 Å². The zero-order valence-corrected chi connectivity index (χ0v) is 13.6. The van der Waals surface area contributed by atoms with Crippen molar-refractivity contribution in [3.05, 3.63) is 29.0 Å². The van der Waals surface area contributed by atoms with Crippen molar-refractivity contribution in [2.45, 2.75) is 43.4 Å². The molecule has 0 N–H and O–H groups in total. The molecule has 0 saturated carbocycles. The number of hydrogen-bond donors (Lipinski definition) is 0. The largest absolute Gasteiger partial charge is 0.434 e. The number of hydrogen-bond acceptors (Lipinski definition) is 3. The van der Waals surface area contributed by atoms with E-state index in [0.717, 1.165) is 16.7 Å². The first-order valence-corrected chi connectivity index (χ1v) is 8.17. The van der Waals surface area contributed by atoms with Crippen LogP contribution in [0.1, 0.15) is 30.7 Å². The Kier molecular flexibility index (Phi) is 5.79. The quantitative estimate of drug-likeness (QED) is 0.383. The van der Waals surface area contributed by atoms with Gasteiger partial charge in [0.2, 0.25) is 5.13 Å². The highest BCUT2D eigenvalue weighted by molar-refractivity contribution is 7.12. The molecule has 0 spiro atoms. The number of aromatic nitrogens is 3. The van der Waals surface area contributed by atoms with Crippen LogP contribution in [0.25, 0.3) is 5.13 Å². The first-order valence-electron chi connectivity index (χ1n) is 6.86. The fourth-order valence-electron chi connectivity index (χ4n) is 1.89. The van der Waals surface area contributed by atoms with Crippen LogP contribution in [-0.2, 0) is 12.6 Å². The summed E-state index contributed by atoms with van der Waals surface area (Å²) in [7, 11) is 0. The third kappa shape index (κ3) is 5.10. The Morgan fingerprint density at radius 2 is 1.88 bits per heavy atom. The summed E-state index contributed by atoms with van der Waals surface area (Å²) in [6.45, 7) is 0. The number of thiazole rings is 1. The van der Waals surface area contributed by atoms with Crippen molar-refractivity contribution in [2.75, 3.05) is 0 Å². The predicted molar refractivity (Wildman–Crippen MR) is 77.5 cm³/mol. The highest BCUT2D eigenvalue weighted by Gasteiger charge is 2.37. The molecule has 0 aliphatic heterocycles. The fraction of sp³-hybridized carbons (Fsp3) is 0.538. The van der Waals surface area contributed by atoms with Gasteiger partial charge in [-0.25, -0.2) is 9.67 Å². The molecule has 11 heteroatoms. The summed E-state index contributed by atoms with van der Waals surface area (Å²) in [5.41, 5.74) is -0.420. The van der Waals surface area contributed by atoms with Gasteiger partial charge in [-0.15, -0.1) is 22.9 Å². The summed E-state index contributed by atoms with van der Waals surface area (Å²) in [6.07, 6.45) is -6.52. The zero-order chi connectivity index (χ0) is 18.0. The third-order valence-electron chi connectivity index (χ3n) is 3.12. The molecule has 2 heterocycles. The van der Waals surface area contributed by atoms with Crippen LogP contribution in [0.3, 0.4) is 0 Å². The van der Waals surface area contributed by atoms with Crippen molar-refractivity contribution in [2.24, 2.45) is 0 Å². The van der Waals surface area contributed by atoms with Crippen LogP contribution >= 0.6 is 22.9 Å². The Morgan fingerprint density at radius 3 is 2.46 bits per heavy atom. The molecule has 1 atom stereocenters. The minimum absolute atomic E-state index is 0.0754. The predicted octanol–water partition coefficient (Wildman–Crippen LogP) is 5.23. The monoisotopic (exact) mass is 391 g/mol. The Balaban J connectivity index is 1.86. The van der Waals surface area contributed by atoms with Crippen molar-refractivity contribution < 1.29 is 26.3 Å². The lowest BCUT2D eigenvalue weighted by Crippen LogP contribution is -2.23. The molecular weight excluding hydrogens is 380 g/mol. The molecule has 0 saturated heterocycles. The Labute approximate surface area is 142 Å². The van der Waals surface area contributed by atoms with E-state index in [4.69, 9.17) is 11.6 Å². The van der Waals surface area contributed by atoms with Gasteiger partial charge < -0.3 is 0 Å². The first kappa shape index (κ1) is 19.0. The number of halogens is 7. The molecule has 0 bridgehead atoms. The van der Waals surface area contributed by atoms with E-state index in [1.807, 2.05) is 0 Å². The van der Waals surface area contributed by atoms with Gasteiger partial charge in [0, 0.05) is 11.6 Å². The van der Waals surface area contributed by atoms with Crippen LogP contribution in [0, 0.1) is 0 Å². The van der Waals surface area contributed by atoms with Crippen LogP contribution in [0.2, 0.25) is 0 Å². The SMILES string of the molecule is FC(F)(F)c1csc(-n2ccc(CCCCC(Cl)C(F)(F)F)n2)n1. The lowest BCUT2D eigenvalue weighted by molar-refractivity contribution is -0.140. The molecule has 0 radical (unpaired) electrons. The maximum atomic E-state index is 12.5. The normalized spacial score (nSPS) is 14.1. The number of alkyl halides is 7. The molecule has 2 rings (SSSR count). The molecule has 0 aliphatic rings. The number of unbranched alkanes of at least 4 members (excludes halogenated alkanes) is 1. The van der Waals surface area contributed by atoms with Crippen LogP contribution < -0.4 is 0 Å². The fourth-order valence-corrected chi connectivity index (χ4v) is 2.81. The van der Waals surface area contributed by atoms with Gasteiger partial charge >= 0.3 is 12.4 Å². The molecule has 1 unspecified atom stereocenters. The molecule has 3 nitrogen and oxygen atoms in total. The maximum absolute atomic E-state index is 12.5. The summed E-state index contributed by atoms with van der Waals surface area (Å²) in [4.78, 5) is 3.46. The van der Waals surface area contributed by atoms with E-state index in [-0.39, 0.29) is 18.0 Å². The van der Waals surface area contributed by atoms with Crippen molar-refractivity contribution in [3.63, 3.8) is 0 Å². The van der Waals surface area contributed by atoms with Crippen molar-refractivity contribution in [1.29, 1.82) is 0 Å². The van der Waals surface area contributed by atoms with Gasteiger partial charge in [0.15, 0.2) is 5.69 Å². The van der Waals surface area contributed by atoms with Crippen LogP contribution in [-0.4, -0.2) is 26.3 Å². The van der Waals surface area contributed by atoms with Crippen molar-refractivity contribution >= 4 is 22.9 Å². The number of rotatable bonds is 6. The second kappa shape index (κ2) is 7.30. The lowest BCUT2D eigenvalue weighted by atomic mass is 10.1. The van der Waals surface area contributed by atoms with Gasteiger partial charge in [0.1, 0.15) is 5.38 Å². The molecule has 0 fully saturated rings. The second-order valence-corrected chi connectivity index (χ2v) is 6.38. The molecule has 0 amide bonds. The third-order valence-corrected chi connectivity index (χ3v) is 4.41. The summed E-state index contributed by atoms with van der Waals surface area (Å²) >= 11 is 6.02. The molecule has 2 aromatic heterocycles. The van der Waals surface area contributed by atoms with Crippen LogP contribution in [0.5, 0.6) is 0 Å².